The number of halogens is 4. The summed E-state index contributed by atoms with van der Waals surface area (Å²) >= 11 is -3.65. The van der Waals surface area contributed by atoms with Gasteiger partial charge >= 0.3 is 5.51 Å². The van der Waals surface area contributed by atoms with E-state index in [1.165, 1.54) is 0 Å². The van der Waals surface area contributed by atoms with Crippen molar-refractivity contribution in [3.05, 3.63) is 34.7 Å². The Balaban J connectivity index is 0.000000648. The zero-order chi connectivity index (χ0) is 18.3. The van der Waals surface area contributed by atoms with Crippen LogP contribution in [0.2, 0.25) is 0 Å². The molecule has 0 radical (unpaired) electrons. The summed E-state index contributed by atoms with van der Waals surface area (Å²) in [5, 5.41) is 0.761. The highest BCUT2D eigenvalue weighted by molar-refractivity contribution is 7.38. The molecule has 2 rings (SSSR count). The van der Waals surface area contributed by atoms with Crippen LogP contribution in [0.15, 0.2) is 24.3 Å². The third kappa shape index (κ3) is 6.33. The maximum atomic E-state index is 13.4. The quantitative estimate of drug-likeness (QED) is 0.687. The Morgan fingerprint density at radius 3 is 2.12 bits per heavy atom. The van der Waals surface area contributed by atoms with Crippen LogP contribution in [0.25, 0.3) is 10.1 Å². The standard InChI is InChI=1S/C16H20F3S.BrO3/c1-3-5-7-14-11-13-9-8-12(6-4-2)10-15(13)20(14)16(17,18)19;2-1(3)4/h8-11H,3-7H2,1-2H3;/q+1;-1. The van der Waals surface area contributed by atoms with E-state index in [0.717, 1.165) is 36.6 Å². The van der Waals surface area contributed by atoms with Crippen LogP contribution >= 0.6 is 10.5 Å². The van der Waals surface area contributed by atoms with Crippen molar-refractivity contribution in [2.24, 2.45) is 0 Å². The van der Waals surface area contributed by atoms with Crippen molar-refractivity contribution in [1.29, 1.82) is 0 Å². The van der Waals surface area contributed by atoms with Gasteiger partial charge in [-0.05, 0) is 24.5 Å². The first-order valence-electron chi connectivity index (χ1n) is 7.58. The van der Waals surface area contributed by atoms with E-state index in [9.17, 15) is 13.2 Å². The predicted molar refractivity (Wildman–Crippen MR) is 80.3 cm³/mol. The smallest absolute Gasteiger partial charge is 0.405 e. The number of thiophene rings is 1. The van der Waals surface area contributed by atoms with Gasteiger partial charge in [-0.1, -0.05) is 32.8 Å². The molecule has 2 aromatic rings. The summed E-state index contributed by atoms with van der Waals surface area (Å²) in [6.07, 6.45) is 4.09. The van der Waals surface area contributed by atoms with Crippen LogP contribution < -0.4 is 12.6 Å². The number of rotatable bonds is 5. The molecule has 0 aliphatic rings. The molecule has 0 aliphatic carbocycles. The zero-order valence-electron chi connectivity index (χ0n) is 13.5. The van der Waals surface area contributed by atoms with Gasteiger partial charge in [0.05, 0.1) is 10.5 Å². The lowest BCUT2D eigenvalue weighted by molar-refractivity contribution is -1.73. The number of hydrogen-bond donors (Lipinski definition) is 0. The summed E-state index contributed by atoms with van der Waals surface area (Å²) in [5.74, 6) is 0. The minimum Gasteiger partial charge on any atom is -0.405 e. The van der Waals surface area contributed by atoms with Crippen molar-refractivity contribution in [3.8, 4) is 0 Å². The Kier molecular flexibility index (Phi) is 8.66. The van der Waals surface area contributed by atoms with Gasteiger partial charge < -0.3 is 12.6 Å². The van der Waals surface area contributed by atoms with Crippen LogP contribution in [0.3, 0.4) is 0 Å². The molecule has 136 valence electrons. The first kappa shape index (κ1) is 21.4. The number of fused-ring (bicyclic) bond motifs is 1. The summed E-state index contributed by atoms with van der Waals surface area (Å²) in [4.78, 5) is 0.558. The number of hydrogen-bond acceptors (Lipinski definition) is 3. The molecule has 1 aromatic heterocycles. The maximum Gasteiger partial charge on any atom is 0.600 e. The van der Waals surface area contributed by atoms with Gasteiger partial charge in [-0.25, -0.2) is 0 Å². The molecule has 0 saturated carbocycles. The largest absolute Gasteiger partial charge is 0.600 e. The van der Waals surface area contributed by atoms with Crippen LogP contribution in [0.1, 0.15) is 43.6 Å². The Morgan fingerprint density at radius 1 is 1.00 bits per heavy atom. The molecular formula is C16H20BrF3O3S. The minimum atomic E-state index is -4.16. The van der Waals surface area contributed by atoms with Gasteiger partial charge in [0.2, 0.25) is 14.8 Å². The normalized spacial score (nSPS) is 12.5. The lowest BCUT2D eigenvalue weighted by atomic mass is 10.1. The predicted octanol–water partition coefficient (Wildman–Crippen LogP) is 2.79. The van der Waals surface area contributed by atoms with Crippen LogP contribution in [-0.2, 0) is 18.3 Å². The van der Waals surface area contributed by atoms with E-state index in [4.69, 9.17) is 12.6 Å². The van der Waals surface area contributed by atoms with E-state index < -0.39 is 30.8 Å². The highest BCUT2D eigenvalue weighted by Gasteiger charge is 2.47. The second-order valence-corrected chi connectivity index (χ2v) is 8.11. The van der Waals surface area contributed by atoms with Crippen molar-refractivity contribution < 1.29 is 40.6 Å². The van der Waals surface area contributed by atoms with Crippen molar-refractivity contribution in [2.45, 2.75) is 51.5 Å². The third-order valence-electron chi connectivity index (χ3n) is 3.42. The van der Waals surface area contributed by atoms with Gasteiger partial charge in [-0.3, -0.25) is 0 Å². The van der Waals surface area contributed by atoms with E-state index in [2.05, 4.69) is 0 Å². The summed E-state index contributed by atoms with van der Waals surface area (Å²) in [6.45, 7) is 4.05. The summed E-state index contributed by atoms with van der Waals surface area (Å²) in [5.41, 5.74) is -3.14. The molecule has 0 fully saturated rings. The first-order valence-corrected chi connectivity index (χ1v) is 10.7. The average Bonchev–Trinajstić information content (AvgIpc) is 2.82. The molecule has 0 aliphatic heterocycles. The second kappa shape index (κ2) is 9.72. The van der Waals surface area contributed by atoms with Crippen LogP contribution in [-0.4, -0.2) is 0 Å². The highest BCUT2D eigenvalue weighted by Crippen LogP contribution is 2.51. The first-order chi connectivity index (χ1) is 11.2. The fourth-order valence-electron chi connectivity index (χ4n) is 2.49. The van der Waals surface area contributed by atoms with E-state index in [0.29, 0.717) is 16.0 Å². The molecule has 1 unspecified atom stereocenters. The molecule has 1 aromatic carbocycles. The van der Waals surface area contributed by atoms with Gasteiger partial charge in [-0.15, -0.1) is 13.2 Å². The molecule has 0 spiro atoms. The average molecular weight is 429 g/mol. The van der Waals surface area contributed by atoms with Crippen molar-refractivity contribution in [1.82, 2.24) is 0 Å². The SMILES string of the molecule is CCCCc1cc2ccc(CCC)cc2[s+]1C(F)(F)F.[O-][Br+2]([O-])[O-]. The molecule has 0 N–H and O–H groups in total. The molecule has 0 amide bonds. The van der Waals surface area contributed by atoms with Crippen LogP contribution in [0.5, 0.6) is 0 Å². The van der Waals surface area contributed by atoms with E-state index >= 15 is 0 Å². The molecular weight excluding hydrogens is 409 g/mol. The minimum absolute atomic E-state index is 0.481. The van der Waals surface area contributed by atoms with Gasteiger partial charge in [-0.2, -0.15) is 0 Å². The van der Waals surface area contributed by atoms with E-state index in [1.54, 1.807) is 12.1 Å². The summed E-state index contributed by atoms with van der Waals surface area (Å²) in [6, 6.07) is 7.34. The van der Waals surface area contributed by atoms with Gasteiger partial charge in [0, 0.05) is 23.9 Å². The Labute approximate surface area is 147 Å². The maximum absolute atomic E-state index is 13.4. The molecule has 1 heterocycles. The van der Waals surface area contributed by atoms with Crippen molar-refractivity contribution in [2.75, 3.05) is 0 Å². The fraction of sp³-hybridized carbons (Fsp3) is 0.500. The van der Waals surface area contributed by atoms with Gasteiger partial charge in [0.1, 0.15) is 0 Å². The molecule has 0 bridgehead atoms. The lowest BCUT2D eigenvalue weighted by Crippen LogP contribution is -2.42. The summed E-state index contributed by atoms with van der Waals surface area (Å²) < 4.78 is 66.3. The highest BCUT2D eigenvalue weighted by atomic mass is 80.0. The van der Waals surface area contributed by atoms with Crippen LogP contribution in [0.4, 0.5) is 13.2 Å². The third-order valence-corrected chi connectivity index (χ3v) is 5.53. The number of alkyl halides is 3. The number of benzene rings is 1. The molecule has 8 heteroatoms. The second-order valence-electron chi connectivity index (χ2n) is 5.28. The number of unbranched alkanes of at least 4 members (excludes halogenated alkanes) is 1. The van der Waals surface area contributed by atoms with Crippen molar-refractivity contribution >= 4 is 20.6 Å². The van der Waals surface area contributed by atoms with Gasteiger partial charge in [0.15, 0.2) is 9.58 Å². The lowest BCUT2D eigenvalue weighted by Gasteiger charge is -2.01. The summed E-state index contributed by atoms with van der Waals surface area (Å²) in [7, 11) is -1.71. The monoisotopic (exact) mass is 428 g/mol. The Bertz CT molecular complexity index is 639. The Morgan fingerprint density at radius 2 is 1.62 bits per heavy atom. The Hall–Kier alpha value is -0.670. The number of aryl methyl sites for hydroxylation is 2. The molecule has 1 atom stereocenters. The molecule has 3 nitrogen and oxygen atoms in total. The van der Waals surface area contributed by atoms with Crippen LogP contribution in [0, 0.1) is 14.8 Å². The molecule has 0 saturated heterocycles. The van der Waals surface area contributed by atoms with E-state index in [-0.39, 0.29) is 0 Å². The topological polar surface area (TPSA) is 69.2 Å². The zero-order valence-corrected chi connectivity index (χ0v) is 15.9. The molecule has 24 heavy (non-hydrogen) atoms. The van der Waals surface area contributed by atoms with Gasteiger partial charge in [0.25, 0.3) is 0 Å². The van der Waals surface area contributed by atoms with E-state index in [1.807, 2.05) is 26.0 Å². The fourth-order valence-corrected chi connectivity index (χ4v) is 4.55. The van der Waals surface area contributed by atoms with Crippen molar-refractivity contribution in [3.63, 3.8) is 0 Å².